The van der Waals surface area contributed by atoms with Crippen molar-refractivity contribution in [2.75, 3.05) is 0 Å². The molecule has 0 amide bonds. The van der Waals surface area contributed by atoms with Crippen LogP contribution in [0, 0.1) is 0 Å². The lowest BCUT2D eigenvalue weighted by Gasteiger charge is -2.18. The van der Waals surface area contributed by atoms with E-state index in [1.54, 1.807) is 0 Å². The highest BCUT2D eigenvalue weighted by Crippen LogP contribution is 2.41. The lowest BCUT2D eigenvalue weighted by atomic mass is 11.5. The molecule has 0 radical (unpaired) electrons. The molecule has 0 spiro atoms. The Labute approximate surface area is 40.1 Å². The highest BCUT2D eigenvalue weighted by atomic mass is 35.5. The SMILES string of the molecule is O=[PH]1OC(Cl)O1. The smallest absolute Gasteiger partial charge is 0.265 e. The normalized spacial score (nSPS) is 44.8. The van der Waals surface area contributed by atoms with Gasteiger partial charge in [0.25, 0.3) is 5.75 Å². The summed E-state index contributed by atoms with van der Waals surface area (Å²) in [5.41, 5.74) is 0. The molecule has 1 fully saturated rings. The van der Waals surface area contributed by atoms with Gasteiger partial charge >= 0.3 is 8.25 Å². The fourth-order valence-corrected chi connectivity index (χ4v) is 0.917. The van der Waals surface area contributed by atoms with Crippen LogP contribution in [0.25, 0.3) is 0 Å². The second-order valence-electron chi connectivity index (χ2n) is 0.760. The molecule has 5 heteroatoms. The first-order chi connectivity index (χ1) is 2.79. The zero-order valence-corrected chi connectivity index (χ0v) is 4.44. The van der Waals surface area contributed by atoms with Crippen molar-refractivity contribution in [3.8, 4) is 0 Å². The molecule has 0 aromatic carbocycles. The highest BCUT2D eigenvalue weighted by Gasteiger charge is 2.22. The largest absolute Gasteiger partial charge is 0.325 e. The Hall–Kier alpha value is 0.440. The summed E-state index contributed by atoms with van der Waals surface area (Å²) in [6.45, 7) is 0. The Morgan fingerprint density at radius 1 is 1.67 bits per heavy atom. The van der Waals surface area contributed by atoms with E-state index in [0.29, 0.717) is 0 Å². The quantitative estimate of drug-likeness (QED) is 0.360. The molecular weight excluding hydrogens is 126 g/mol. The summed E-state index contributed by atoms with van der Waals surface area (Å²) in [5.74, 6) is -0.753. The third kappa shape index (κ3) is 0.738. The van der Waals surface area contributed by atoms with Crippen molar-refractivity contribution in [3.05, 3.63) is 0 Å². The molecule has 0 N–H and O–H groups in total. The van der Waals surface area contributed by atoms with Crippen LogP contribution in [0.4, 0.5) is 0 Å². The summed E-state index contributed by atoms with van der Waals surface area (Å²) in [7, 11) is -2.12. The van der Waals surface area contributed by atoms with Crippen LogP contribution >= 0.6 is 19.9 Å². The number of hydrogen-bond acceptors (Lipinski definition) is 3. The molecule has 1 saturated heterocycles. The van der Waals surface area contributed by atoms with Gasteiger partial charge in [-0.25, -0.2) is 0 Å². The summed E-state index contributed by atoms with van der Waals surface area (Å²) < 4.78 is 18.2. The summed E-state index contributed by atoms with van der Waals surface area (Å²) in [6, 6.07) is 0. The molecule has 36 valence electrons. The van der Waals surface area contributed by atoms with E-state index in [1.807, 2.05) is 0 Å². The van der Waals surface area contributed by atoms with Crippen molar-refractivity contribution in [3.63, 3.8) is 0 Å². The van der Waals surface area contributed by atoms with E-state index in [2.05, 4.69) is 9.05 Å². The van der Waals surface area contributed by atoms with Gasteiger partial charge in [-0.3, -0.25) is 13.6 Å². The van der Waals surface area contributed by atoms with Gasteiger partial charge in [0.2, 0.25) is 0 Å². The molecule has 0 aromatic heterocycles. The zero-order chi connectivity index (χ0) is 4.57. The maximum Gasteiger partial charge on any atom is 0.325 e. The van der Waals surface area contributed by atoms with E-state index < -0.39 is 14.0 Å². The van der Waals surface area contributed by atoms with Crippen molar-refractivity contribution < 1.29 is 13.6 Å². The number of hydrogen-bond donors (Lipinski definition) is 0. The Kier molecular flexibility index (Phi) is 1.15. The predicted molar refractivity (Wildman–Crippen MR) is 20.8 cm³/mol. The van der Waals surface area contributed by atoms with E-state index in [1.165, 1.54) is 0 Å². The van der Waals surface area contributed by atoms with Crippen molar-refractivity contribution in [1.82, 2.24) is 0 Å². The molecular formula is CH2ClO3P. The van der Waals surface area contributed by atoms with Crippen LogP contribution < -0.4 is 0 Å². The van der Waals surface area contributed by atoms with Gasteiger partial charge in [-0.2, -0.15) is 0 Å². The van der Waals surface area contributed by atoms with Gasteiger partial charge in [-0.05, 0) is 0 Å². The summed E-state index contributed by atoms with van der Waals surface area (Å²) in [5, 5.41) is 0. The standard InChI is InChI=1S/CH2ClO3P/c2-1-4-6(3)5-1/h1,6H. The lowest BCUT2D eigenvalue weighted by Crippen LogP contribution is -2.10. The monoisotopic (exact) mass is 128 g/mol. The average molecular weight is 128 g/mol. The summed E-state index contributed by atoms with van der Waals surface area (Å²) >= 11 is 5.02. The maximum absolute atomic E-state index is 9.77. The van der Waals surface area contributed by atoms with Crippen molar-refractivity contribution in [2.45, 2.75) is 5.75 Å². The first kappa shape index (κ1) is 4.60. The molecule has 1 rings (SSSR count). The minimum atomic E-state index is -2.12. The highest BCUT2D eigenvalue weighted by molar-refractivity contribution is 7.34. The maximum atomic E-state index is 9.77. The number of alkyl halides is 1. The van der Waals surface area contributed by atoms with E-state index in [9.17, 15) is 4.57 Å². The fraction of sp³-hybridized carbons (Fsp3) is 1.00. The van der Waals surface area contributed by atoms with E-state index in [4.69, 9.17) is 11.6 Å². The lowest BCUT2D eigenvalue weighted by molar-refractivity contribution is -0.0122. The van der Waals surface area contributed by atoms with Crippen LogP contribution in [0.15, 0.2) is 0 Å². The molecule has 1 heterocycles. The fourth-order valence-electron chi connectivity index (χ4n) is 0.160. The second kappa shape index (κ2) is 1.51. The molecule has 0 bridgehead atoms. The van der Waals surface area contributed by atoms with E-state index in [0.717, 1.165) is 0 Å². The van der Waals surface area contributed by atoms with Gasteiger partial charge in [-0.15, -0.1) is 0 Å². The molecule has 6 heavy (non-hydrogen) atoms. The van der Waals surface area contributed by atoms with Crippen LogP contribution in [0.1, 0.15) is 0 Å². The predicted octanol–water partition coefficient (Wildman–Crippen LogP) is 0.945. The Morgan fingerprint density at radius 3 is 2.17 bits per heavy atom. The Balaban J connectivity index is 2.28. The molecule has 0 aliphatic carbocycles. The molecule has 3 nitrogen and oxygen atoms in total. The Bertz CT molecular complexity index is 74.9. The van der Waals surface area contributed by atoms with Gasteiger partial charge < -0.3 is 0 Å². The van der Waals surface area contributed by atoms with Gasteiger partial charge in [0, 0.05) is 0 Å². The van der Waals surface area contributed by atoms with Crippen molar-refractivity contribution >= 4 is 19.9 Å². The van der Waals surface area contributed by atoms with Crippen molar-refractivity contribution in [2.24, 2.45) is 0 Å². The third-order valence-electron chi connectivity index (χ3n) is 0.378. The number of halogens is 1. The van der Waals surface area contributed by atoms with E-state index >= 15 is 0 Å². The average Bonchev–Trinajstić information content (AvgIpc) is 1.33. The van der Waals surface area contributed by atoms with Crippen molar-refractivity contribution in [1.29, 1.82) is 0 Å². The minimum absolute atomic E-state index is 0.753. The van der Waals surface area contributed by atoms with Crippen LogP contribution in [0.3, 0.4) is 0 Å². The molecule has 1 aliphatic heterocycles. The Morgan fingerprint density at radius 2 is 2.17 bits per heavy atom. The summed E-state index contributed by atoms with van der Waals surface area (Å²) in [6.07, 6.45) is 0. The molecule has 1 aliphatic rings. The first-order valence-corrected chi connectivity index (χ1v) is 2.96. The number of rotatable bonds is 0. The second-order valence-corrected chi connectivity index (χ2v) is 2.09. The molecule has 0 aromatic rings. The van der Waals surface area contributed by atoms with Crippen LogP contribution in [-0.2, 0) is 13.6 Å². The van der Waals surface area contributed by atoms with Crippen LogP contribution in [-0.4, -0.2) is 5.75 Å². The van der Waals surface area contributed by atoms with Gasteiger partial charge in [0.1, 0.15) is 0 Å². The van der Waals surface area contributed by atoms with Gasteiger partial charge in [-0.1, -0.05) is 11.6 Å². The van der Waals surface area contributed by atoms with Gasteiger partial charge in [0.05, 0.1) is 0 Å². The summed E-state index contributed by atoms with van der Waals surface area (Å²) in [4.78, 5) is 0. The third-order valence-corrected chi connectivity index (χ3v) is 1.67. The zero-order valence-electron chi connectivity index (χ0n) is 2.68. The van der Waals surface area contributed by atoms with Gasteiger partial charge in [0.15, 0.2) is 0 Å². The minimum Gasteiger partial charge on any atom is -0.265 e. The first-order valence-electron chi connectivity index (χ1n) is 1.30. The molecule has 0 unspecified atom stereocenters. The molecule has 0 saturated carbocycles. The molecule has 0 atom stereocenters. The van der Waals surface area contributed by atoms with Crippen LogP contribution in [0.2, 0.25) is 0 Å². The van der Waals surface area contributed by atoms with E-state index in [-0.39, 0.29) is 0 Å². The topological polar surface area (TPSA) is 35.5 Å². The van der Waals surface area contributed by atoms with Crippen LogP contribution in [0.5, 0.6) is 0 Å².